The second kappa shape index (κ2) is 7.68. The highest BCUT2D eigenvalue weighted by Crippen LogP contribution is 2.40. The number of hydrogen-bond donors (Lipinski definition) is 0. The maximum atomic E-state index is 5.16. The van der Waals surface area contributed by atoms with Gasteiger partial charge in [-0.1, -0.05) is 97.1 Å². The van der Waals surface area contributed by atoms with Gasteiger partial charge in [0.15, 0.2) is 0 Å². The molecule has 0 N–H and O–H groups in total. The summed E-state index contributed by atoms with van der Waals surface area (Å²) < 4.78 is 3.58. The van der Waals surface area contributed by atoms with Crippen molar-refractivity contribution in [1.29, 1.82) is 0 Å². The highest BCUT2D eigenvalue weighted by atomic mass is 32.1. The van der Waals surface area contributed by atoms with Crippen LogP contribution in [0.2, 0.25) is 0 Å². The molecule has 2 nitrogen and oxygen atoms in total. The molecule has 0 amide bonds. The molecule has 34 heavy (non-hydrogen) atoms. The molecule has 0 aliphatic heterocycles. The van der Waals surface area contributed by atoms with Crippen LogP contribution in [-0.2, 0) is 0 Å². The summed E-state index contributed by atoms with van der Waals surface area (Å²) in [6.45, 7) is 0. The van der Waals surface area contributed by atoms with Crippen LogP contribution in [-0.4, -0.2) is 9.55 Å². The van der Waals surface area contributed by atoms with E-state index in [1.54, 1.807) is 11.3 Å². The van der Waals surface area contributed by atoms with E-state index in [-0.39, 0.29) is 0 Å². The van der Waals surface area contributed by atoms with Crippen LogP contribution in [0.25, 0.3) is 59.4 Å². The largest absolute Gasteiger partial charge is 0.307 e. The molecule has 7 aromatic rings. The lowest BCUT2D eigenvalue weighted by Gasteiger charge is -2.10. The number of para-hydroxylation sites is 1. The van der Waals surface area contributed by atoms with Crippen molar-refractivity contribution >= 4 is 43.4 Å². The van der Waals surface area contributed by atoms with Crippen molar-refractivity contribution in [3.05, 3.63) is 121 Å². The van der Waals surface area contributed by atoms with Gasteiger partial charge in [-0.05, 0) is 35.4 Å². The molecule has 0 aliphatic rings. The lowest BCUT2D eigenvalue weighted by molar-refractivity contribution is 1.18. The van der Waals surface area contributed by atoms with Gasteiger partial charge >= 0.3 is 0 Å². The number of aromatic nitrogens is 2. The van der Waals surface area contributed by atoms with Crippen molar-refractivity contribution in [3.63, 3.8) is 0 Å². The molecule has 2 aromatic heterocycles. The Morgan fingerprint density at radius 2 is 1.18 bits per heavy atom. The molecule has 5 aromatic carbocycles. The zero-order valence-corrected chi connectivity index (χ0v) is 19.2. The van der Waals surface area contributed by atoms with Crippen LogP contribution >= 0.6 is 11.3 Å². The third-order valence-electron chi connectivity index (χ3n) is 6.45. The van der Waals surface area contributed by atoms with Gasteiger partial charge in [0.1, 0.15) is 10.5 Å². The van der Waals surface area contributed by atoms with Crippen molar-refractivity contribution in [2.24, 2.45) is 0 Å². The minimum Gasteiger partial charge on any atom is -0.307 e. The Kier molecular flexibility index (Phi) is 4.36. The second-order valence-corrected chi connectivity index (χ2v) is 9.49. The van der Waals surface area contributed by atoms with Crippen LogP contribution in [0.15, 0.2) is 121 Å². The molecule has 0 spiro atoms. The SMILES string of the molecule is c1ccc(-c2ccc(-n3c4ccccc4c4ccc5sc(-c6ccccc6)nc5c43)cc2)cc1. The Morgan fingerprint density at radius 1 is 0.529 bits per heavy atom. The van der Waals surface area contributed by atoms with E-state index in [1.165, 1.54) is 37.6 Å². The van der Waals surface area contributed by atoms with Gasteiger partial charge < -0.3 is 4.57 Å². The van der Waals surface area contributed by atoms with E-state index in [4.69, 9.17) is 4.98 Å². The van der Waals surface area contributed by atoms with Gasteiger partial charge in [-0.3, -0.25) is 0 Å². The van der Waals surface area contributed by atoms with Crippen molar-refractivity contribution in [2.75, 3.05) is 0 Å². The summed E-state index contributed by atoms with van der Waals surface area (Å²) >= 11 is 1.75. The average Bonchev–Trinajstić information content (AvgIpc) is 3.49. The number of benzene rings is 5. The lowest BCUT2D eigenvalue weighted by atomic mass is 10.1. The molecular formula is C31H20N2S. The summed E-state index contributed by atoms with van der Waals surface area (Å²) in [4.78, 5) is 5.16. The molecule has 0 saturated heterocycles. The summed E-state index contributed by atoms with van der Waals surface area (Å²) in [7, 11) is 0. The number of rotatable bonds is 3. The Morgan fingerprint density at radius 3 is 1.94 bits per heavy atom. The Labute approximate surface area is 201 Å². The van der Waals surface area contributed by atoms with Crippen molar-refractivity contribution < 1.29 is 0 Å². The second-order valence-electron chi connectivity index (χ2n) is 8.46. The molecule has 160 valence electrons. The molecule has 0 fully saturated rings. The van der Waals surface area contributed by atoms with Gasteiger partial charge in [-0.15, -0.1) is 11.3 Å². The first-order valence-corrected chi connectivity index (χ1v) is 12.2. The minimum absolute atomic E-state index is 1.05. The minimum atomic E-state index is 1.05. The Bertz CT molecular complexity index is 1780. The highest BCUT2D eigenvalue weighted by molar-refractivity contribution is 7.21. The Balaban J connectivity index is 1.50. The lowest BCUT2D eigenvalue weighted by Crippen LogP contribution is -1.94. The molecule has 0 atom stereocenters. The fourth-order valence-electron chi connectivity index (χ4n) is 4.85. The smallest absolute Gasteiger partial charge is 0.124 e. The average molecular weight is 453 g/mol. The molecule has 0 unspecified atom stereocenters. The third kappa shape index (κ3) is 2.98. The van der Waals surface area contributed by atoms with E-state index in [1.807, 2.05) is 6.07 Å². The van der Waals surface area contributed by atoms with Gasteiger partial charge in [0.25, 0.3) is 0 Å². The number of nitrogens with zero attached hydrogens (tertiary/aromatic N) is 2. The van der Waals surface area contributed by atoms with E-state index in [2.05, 4.69) is 120 Å². The summed E-state index contributed by atoms with van der Waals surface area (Å²) in [6.07, 6.45) is 0. The predicted molar refractivity (Wildman–Crippen MR) is 145 cm³/mol. The standard InChI is InChI=1S/C31H20N2S/c1-3-9-21(10-4-1)22-15-17-24(18-16-22)33-27-14-8-7-13-25(27)26-19-20-28-29(30(26)33)32-31(34-28)23-11-5-2-6-12-23/h1-20H. The molecule has 0 bridgehead atoms. The first kappa shape index (κ1) is 19.3. The number of hydrogen-bond acceptors (Lipinski definition) is 2. The molecule has 2 heterocycles. The van der Waals surface area contributed by atoms with Crippen LogP contribution in [0, 0.1) is 0 Å². The van der Waals surface area contributed by atoms with Crippen molar-refractivity contribution in [2.45, 2.75) is 0 Å². The zero-order valence-electron chi connectivity index (χ0n) is 18.3. The summed E-state index contributed by atoms with van der Waals surface area (Å²) in [5.74, 6) is 0. The van der Waals surface area contributed by atoms with Crippen LogP contribution in [0.1, 0.15) is 0 Å². The molecule has 7 rings (SSSR count). The van der Waals surface area contributed by atoms with E-state index < -0.39 is 0 Å². The summed E-state index contributed by atoms with van der Waals surface area (Å²) in [5, 5.41) is 3.54. The summed E-state index contributed by atoms with van der Waals surface area (Å²) in [6, 6.07) is 43.0. The van der Waals surface area contributed by atoms with E-state index in [9.17, 15) is 0 Å². The normalized spacial score (nSPS) is 11.5. The molecular weight excluding hydrogens is 432 g/mol. The predicted octanol–water partition coefficient (Wildman–Crippen LogP) is 8.73. The first-order chi connectivity index (χ1) is 16.9. The van der Waals surface area contributed by atoms with Gasteiger partial charge in [-0.25, -0.2) is 4.98 Å². The van der Waals surface area contributed by atoms with Crippen molar-refractivity contribution in [3.8, 4) is 27.4 Å². The number of thiazole rings is 1. The number of fused-ring (bicyclic) bond motifs is 5. The van der Waals surface area contributed by atoms with Gasteiger partial charge in [0.05, 0.1) is 15.7 Å². The quantitative estimate of drug-likeness (QED) is 0.262. The first-order valence-electron chi connectivity index (χ1n) is 11.4. The van der Waals surface area contributed by atoms with Gasteiger partial charge in [0, 0.05) is 22.0 Å². The zero-order chi connectivity index (χ0) is 22.5. The fourth-order valence-corrected chi connectivity index (χ4v) is 5.82. The van der Waals surface area contributed by atoms with Crippen LogP contribution in [0.3, 0.4) is 0 Å². The maximum Gasteiger partial charge on any atom is 0.124 e. The van der Waals surface area contributed by atoms with E-state index in [0.29, 0.717) is 0 Å². The summed E-state index contributed by atoms with van der Waals surface area (Å²) in [5.41, 5.74) is 8.18. The molecule has 0 saturated carbocycles. The fraction of sp³-hybridized carbons (Fsp3) is 0. The topological polar surface area (TPSA) is 17.8 Å². The van der Waals surface area contributed by atoms with E-state index >= 15 is 0 Å². The molecule has 3 heteroatoms. The van der Waals surface area contributed by atoms with Crippen molar-refractivity contribution in [1.82, 2.24) is 9.55 Å². The van der Waals surface area contributed by atoms with E-state index in [0.717, 1.165) is 21.8 Å². The molecule has 0 aliphatic carbocycles. The Hall–Kier alpha value is -4.21. The van der Waals surface area contributed by atoms with Gasteiger partial charge in [0.2, 0.25) is 0 Å². The van der Waals surface area contributed by atoms with Gasteiger partial charge in [-0.2, -0.15) is 0 Å². The van der Waals surface area contributed by atoms with Crippen LogP contribution < -0.4 is 0 Å². The third-order valence-corrected chi connectivity index (χ3v) is 7.52. The maximum absolute atomic E-state index is 5.16. The molecule has 0 radical (unpaired) electrons. The van der Waals surface area contributed by atoms with Crippen LogP contribution in [0.4, 0.5) is 0 Å². The monoisotopic (exact) mass is 452 g/mol. The van der Waals surface area contributed by atoms with Crippen LogP contribution in [0.5, 0.6) is 0 Å². The highest BCUT2D eigenvalue weighted by Gasteiger charge is 2.18.